The summed E-state index contributed by atoms with van der Waals surface area (Å²) in [6.45, 7) is 5.55. The van der Waals surface area contributed by atoms with Gasteiger partial charge in [-0.25, -0.2) is 0 Å². The summed E-state index contributed by atoms with van der Waals surface area (Å²) in [5.41, 5.74) is 0.557. The molecule has 68 valence electrons. The van der Waals surface area contributed by atoms with Gasteiger partial charge in [0.2, 0.25) is 0 Å². The van der Waals surface area contributed by atoms with E-state index in [4.69, 9.17) is 0 Å². The Bertz CT molecular complexity index is 209. The molecule has 2 nitrogen and oxygen atoms in total. The van der Waals surface area contributed by atoms with E-state index in [9.17, 15) is 0 Å². The van der Waals surface area contributed by atoms with Gasteiger partial charge >= 0.3 is 0 Å². The van der Waals surface area contributed by atoms with Crippen LogP contribution in [0.1, 0.15) is 26.7 Å². The Kier molecular flexibility index (Phi) is 2.07. The van der Waals surface area contributed by atoms with Crippen LogP contribution >= 0.6 is 11.8 Å². The highest BCUT2D eigenvalue weighted by Gasteiger charge is 2.37. The van der Waals surface area contributed by atoms with Gasteiger partial charge in [-0.2, -0.15) is 0 Å². The van der Waals surface area contributed by atoms with Crippen molar-refractivity contribution in [2.75, 3.05) is 12.3 Å². The third kappa shape index (κ3) is 1.94. The van der Waals surface area contributed by atoms with E-state index in [0.717, 1.165) is 11.7 Å². The van der Waals surface area contributed by atoms with E-state index < -0.39 is 0 Å². The zero-order chi connectivity index (χ0) is 8.60. The predicted molar refractivity (Wildman–Crippen MR) is 54.7 cm³/mol. The van der Waals surface area contributed by atoms with Crippen molar-refractivity contribution in [1.29, 1.82) is 0 Å². The number of hydrogen-bond donors (Lipinski definition) is 1. The molecule has 0 spiro atoms. The number of nitrogens with zero attached hydrogens (tertiary/aromatic N) is 1. The highest BCUT2D eigenvalue weighted by atomic mass is 32.2. The minimum atomic E-state index is 0.557. The summed E-state index contributed by atoms with van der Waals surface area (Å²) in [4.78, 5) is 4.58. The first-order valence-electron chi connectivity index (χ1n) is 4.62. The third-order valence-corrected chi connectivity index (χ3v) is 3.73. The van der Waals surface area contributed by atoms with Gasteiger partial charge in [-0.1, -0.05) is 18.7 Å². The van der Waals surface area contributed by atoms with E-state index in [1.807, 2.05) is 11.8 Å². The normalized spacial score (nSPS) is 35.2. The summed E-state index contributed by atoms with van der Waals surface area (Å²) in [7, 11) is 0. The summed E-state index contributed by atoms with van der Waals surface area (Å²) in [6, 6.07) is 0.612. The second-order valence-corrected chi connectivity index (χ2v) is 5.30. The zero-order valence-electron chi connectivity index (χ0n) is 7.76. The molecular weight excluding hydrogens is 168 g/mol. The van der Waals surface area contributed by atoms with Crippen LogP contribution in [0, 0.1) is 5.41 Å². The number of hydrogen-bond acceptors (Lipinski definition) is 2. The maximum atomic E-state index is 4.58. The van der Waals surface area contributed by atoms with Gasteiger partial charge in [-0.3, -0.25) is 4.99 Å². The first-order valence-corrected chi connectivity index (χ1v) is 5.60. The average molecular weight is 184 g/mol. The average Bonchev–Trinajstić information content (AvgIpc) is 2.60. The molecule has 1 heterocycles. The Hall–Kier alpha value is -0.180. The van der Waals surface area contributed by atoms with Crippen molar-refractivity contribution in [1.82, 2.24) is 5.32 Å². The Morgan fingerprint density at radius 1 is 1.67 bits per heavy atom. The van der Waals surface area contributed by atoms with Gasteiger partial charge in [-0.05, 0) is 25.2 Å². The van der Waals surface area contributed by atoms with E-state index >= 15 is 0 Å². The Morgan fingerprint density at radius 2 is 2.42 bits per heavy atom. The highest BCUT2D eigenvalue weighted by molar-refractivity contribution is 8.14. The van der Waals surface area contributed by atoms with Crippen molar-refractivity contribution < 1.29 is 0 Å². The number of aliphatic imine (C=N–C) groups is 1. The van der Waals surface area contributed by atoms with Crippen molar-refractivity contribution in [3.8, 4) is 0 Å². The number of nitrogens with one attached hydrogen (secondary N) is 1. The lowest BCUT2D eigenvalue weighted by Crippen LogP contribution is -2.23. The van der Waals surface area contributed by atoms with E-state index in [-0.39, 0.29) is 0 Å². The molecule has 1 aliphatic heterocycles. The Balaban J connectivity index is 1.83. The lowest BCUT2D eigenvalue weighted by molar-refractivity contribution is 0.588. The molecule has 0 aromatic heterocycles. The predicted octanol–water partition coefficient (Wildman–Crippen LogP) is 1.87. The molecule has 1 saturated heterocycles. The molecule has 0 amide bonds. The summed E-state index contributed by atoms with van der Waals surface area (Å²) >= 11 is 1.86. The molecule has 0 bridgehead atoms. The quantitative estimate of drug-likeness (QED) is 0.708. The third-order valence-electron chi connectivity index (χ3n) is 2.55. The lowest BCUT2D eigenvalue weighted by atomic mass is 10.1. The Morgan fingerprint density at radius 3 is 2.92 bits per heavy atom. The van der Waals surface area contributed by atoms with Gasteiger partial charge in [0.1, 0.15) is 0 Å². The van der Waals surface area contributed by atoms with Crippen molar-refractivity contribution in [3.05, 3.63) is 0 Å². The van der Waals surface area contributed by atoms with E-state index in [1.165, 1.54) is 18.6 Å². The van der Waals surface area contributed by atoms with Gasteiger partial charge in [0.05, 0.1) is 0 Å². The second kappa shape index (κ2) is 2.95. The molecule has 2 rings (SSSR count). The smallest absolute Gasteiger partial charge is 0.156 e. The Labute approximate surface area is 78.2 Å². The minimum absolute atomic E-state index is 0.557. The fraction of sp³-hybridized carbons (Fsp3) is 0.889. The van der Waals surface area contributed by atoms with Crippen LogP contribution in [0.15, 0.2) is 4.99 Å². The monoisotopic (exact) mass is 184 g/mol. The molecule has 1 atom stereocenters. The molecule has 0 radical (unpaired) electrons. The summed E-state index contributed by atoms with van der Waals surface area (Å²) in [6.07, 6.45) is 2.73. The maximum absolute atomic E-state index is 4.58. The molecule has 2 aliphatic rings. The summed E-state index contributed by atoms with van der Waals surface area (Å²) in [5, 5.41) is 4.53. The van der Waals surface area contributed by atoms with Crippen molar-refractivity contribution >= 4 is 16.9 Å². The van der Waals surface area contributed by atoms with Crippen LogP contribution in [0.4, 0.5) is 0 Å². The largest absolute Gasteiger partial charge is 0.362 e. The van der Waals surface area contributed by atoms with Gasteiger partial charge < -0.3 is 5.32 Å². The van der Waals surface area contributed by atoms with E-state index in [0.29, 0.717) is 11.5 Å². The van der Waals surface area contributed by atoms with Crippen LogP contribution in [0.5, 0.6) is 0 Å². The van der Waals surface area contributed by atoms with Gasteiger partial charge in [0.25, 0.3) is 0 Å². The fourth-order valence-electron chi connectivity index (χ4n) is 1.22. The molecule has 3 heteroatoms. The van der Waals surface area contributed by atoms with Crippen molar-refractivity contribution in [3.63, 3.8) is 0 Å². The van der Waals surface area contributed by atoms with Crippen LogP contribution in [-0.4, -0.2) is 23.5 Å². The molecule has 1 aliphatic carbocycles. The van der Waals surface area contributed by atoms with Crippen LogP contribution < -0.4 is 5.32 Å². The van der Waals surface area contributed by atoms with E-state index in [2.05, 4.69) is 24.2 Å². The second-order valence-electron chi connectivity index (χ2n) is 4.29. The standard InChI is InChI=1S/C9H16N2S/c1-7-5-12-8(11-7)10-6-9(2)3-4-9/h7H,3-6H2,1-2H3,(H,10,11). The molecule has 1 saturated carbocycles. The summed E-state index contributed by atoms with van der Waals surface area (Å²) < 4.78 is 0. The number of rotatable bonds is 2. The van der Waals surface area contributed by atoms with Crippen molar-refractivity contribution in [2.45, 2.75) is 32.7 Å². The molecular formula is C9H16N2S. The molecule has 1 unspecified atom stereocenters. The molecule has 0 aromatic carbocycles. The van der Waals surface area contributed by atoms with Crippen LogP contribution in [0.2, 0.25) is 0 Å². The molecule has 2 fully saturated rings. The first kappa shape index (κ1) is 8.42. The lowest BCUT2D eigenvalue weighted by Gasteiger charge is -2.04. The first-order chi connectivity index (χ1) is 5.68. The molecule has 1 N–H and O–H groups in total. The fourth-order valence-corrected chi connectivity index (χ4v) is 2.16. The van der Waals surface area contributed by atoms with Crippen LogP contribution in [-0.2, 0) is 0 Å². The molecule has 0 aromatic rings. The van der Waals surface area contributed by atoms with Crippen LogP contribution in [0.25, 0.3) is 0 Å². The number of thioether (sulfide) groups is 1. The maximum Gasteiger partial charge on any atom is 0.156 e. The minimum Gasteiger partial charge on any atom is -0.362 e. The van der Waals surface area contributed by atoms with Gasteiger partial charge in [-0.15, -0.1) is 0 Å². The zero-order valence-corrected chi connectivity index (χ0v) is 8.58. The SMILES string of the molecule is CC1CSC(=NCC2(C)CC2)N1. The topological polar surface area (TPSA) is 24.4 Å². The van der Waals surface area contributed by atoms with Crippen molar-refractivity contribution in [2.24, 2.45) is 10.4 Å². The summed E-state index contributed by atoms with van der Waals surface area (Å²) in [5.74, 6) is 1.18. The molecule has 12 heavy (non-hydrogen) atoms. The van der Waals surface area contributed by atoms with Gasteiger partial charge in [0, 0.05) is 18.3 Å². The van der Waals surface area contributed by atoms with Crippen LogP contribution in [0.3, 0.4) is 0 Å². The van der Waals surface area contributed by atoms with E-state index in [1.54, 1.807) is 0 Å². The highest BCUT2D eigenvalue weighted by Crippen LogP contribution is 2.45. The number of amidine groups is 1. The van der Waals surface area contributed by atoms with Gasteiger partial charge in [0.15, 0.2) is 5.17 Å².